The van der Waals surface area contributed by atoms with Gasteiger partial charge in [-0.1, -0.05) is 300 Å². The molecule has 5 aliphatic rings. The molecule has 0 aliphatic heterocycles. The largest absolute Gasteiger partial charge is 0.399 e. The summed E-state index contributed by atoms with van der Waals surface area (Å²) < 4.78 is 0. The van der Waals surface area contributed by atoms with Gasteiger partial charge in [-0.05, 0) is 225 Å². The number of fused-ring (bicyclic) bond motifs is 15. The number of hydrogen-bond acceptors (Lipinski definition) is 4. The molecule has 504 valence electrons. The van der Waals surface area contributed by atoms with Crippen LogP contribution in [0.4, 0.5) is 39.8 Å². The second-order valence-electron chi connectivity index (χ2n) is 31.0. The lowest BCUT2D eigenvalue weighted by molar-refractivity contribution is 0.660. The second kappa shape index (κ2) is 25.7. The van der Waals surface area contributed by atoms with Gasteiger partial charge in [-0.25, -0.2) is 0 Å². The fourth-order valence-corrected chi connectivity index (χ4v) is 17.1. The minimum Gasteiger partial charge on any atom is -0.399 e. The van der Waals surface area contributed by atoms with Crippen LogP contribution in [0.3, 0.4) is 0 Å². The van der Waals surface area contributed by atoms with Crippen LogP contribution in [-0.2, 0) is 27.1 Å². The van der Waals surface area contributed by atoms with Crippen LogP contribution in [0.25, 0.3) is 77.9 Å². The molecule has 0 amide bonds. The van der Waals surface area contributed by atoms with Gasteiger partial charge in [-0.2, -0.15) is 0 Å². The van der Waals surface area contributed by atoms with E-state index in [2.05, 4.69) is 389 Å². The van der Waals surface area contributed by atoms with E-state index in [9.17, 15) is 0 Å². The van der Waals surface area contributed by atoms with Crippen molar-refractivity contribution in [1.82, 2.24) is 0 Å². The Labute approximate surface area is 609 Å². The Morgan fingerprint density at radius 1 is 0.175 bits per heavy atom. The van der Waals surface area contributed by atoms with Crippen LogP contribution in [0, 0.1) is 0 Å². The minimum atomic E-state index is -0.0240. The molecule has 0 unspecified atom stereocenters. The maximum atomic E-state index is 5.89. The first-order valence-corrected chi connectivity index (χ1v) is 36.3. The van der Waals surface area contributed by atoms with Crippen LogP contribution in [0.15, 0.2) is 322 Å². The fourth-order valence-electron chi connectivity index (χ4n) is 17.1. The van der Waals surface area contributed by atoms with E-state index in [1.807, 2.05) is 18.2 Å². The predicted molar refractivity (Wildman–Crippen MR) is 438 cm³/mol. The van der Waals surface area contributed by atoms with Crippen molar-refractivity contribution >= 4 is 39.8 Å². The number of para-hydroxylation sites is 1. The highest BCUT2D eigenvalue weighted by Gasteiger charge is 2.40. The highest BCUT2D eigenvalue weighted by molar-refractivity contribution is 5.89. The third-order valence-corrected chi connectivity index (χ3v) is 22.8. The molecule has 14 aromatic rings. The van der Waals surface area contributed by atoms with Crippen LogP contribution in [0.5, 0.6) is 0 Å². The third-order valence-electron chi connectivity index (χ3n) is 22.8. The van der Waals surface area contributed by atoms with Gasteiger partial charge in [-0.3, -0.25) is 0 Å². The van der Waals surface area contributed by atoms with E-state index in [4.69, 9.17) is 5.73 Å². The van der Waals surface area contributed by atoms with Crippen molar-refractivity contribution in [3.05, 3.63) is 377 Å². The summed E-state index contributed by atoms with van der Waals surface area (Å²) in [5, 5.41) is 10.8. The molecule has 4 heteroatoms. The Morgan fingerprint density at radius 2 is 0.398 bits per heavy atom. The summed E-state index contributed by atoms with van der Waals surface area (Å²) in [7, 11) is 0. The summed E-state index contributed by atoms with van der Waals surface area (Å²) in [5.74, 6) is 0. The zero-order valence-corrected chi connectivity index (χ0v) is 60.7. The van der Waals surface area contributed by atoms with Crippen LogP contribution in [0.1, 0.15) is 125 Å². The molecule has 4 nitrogen and oxygen atoms in total. The van der Waals surface area contributed by atoms with E-state index in [0.29, 0.717) is 0 Å². The Bertz CT molecular complexity index is 5460. The lowest BCUT2D eigenvalue weighted by Gasteiger charge is -2.23. The molecule has 14 aromatic carbocycles. The van der Waals surface area contributed by atoms with Crippen molar-refractivity contribution in [1.29, 1.82) is 0 Å². The lowest BCUT2D eigenvalue weighted by Crippen LogP contribution is -2.15. The van der Waals surface area contributed by atoms with Gasteiger partial charge in [0.25, 0.3) is 0 Å². The van der Waals surface area contributed by atoms with Gasteiger partial charge in [0.15, 0.2) is 0 Å². The minimum absolute atomic E-state index is 0.0190. The molecule has 0 heterocycles. The van der Waals surface area contributed by atoms with Crippen molar-refractivity contribution < 1.29 is 0 Å². The molecule has 19 rings (SSSR count). The van der Waals surface area contributed by atoms with Crippen molar-refractivity contribution in [3.63, 3.8) is 0 Å². The van der Waals surface area contributed by atoms with Crippen molar-refractivity contribution in [2.75, 3.05) is 21.7 Å². The first kappa shape index (κ1) is 65.9. The first-order valence-electron chi connectivity index (χ1n) is 36.3. The van der Waals surface area contributed by atoms with E-state index in [0.717, 1.165) is 39.8 Å². The molecule has 0 aromatic heterocycles. The van der Waals surface area contributed by atoms with Gasteiger partial charge in [0.05, 0.1) is 0 Å². The highest BCUT2D eigenvalue weighted by Crippen LogP contribution is 2.55. The number of benzene rings is 14. The van der Waals surface area contributed by atoms with E-state index in [1.165, 1.54) is 134 Å². The van der Waals surface area contributed by atoms with Crippen molar-refractivity contribution in [2.45, 2.75) is 96.3 Å². The Hall–Kier alpha value is -11.7. The topological polar surface area (TPSA) is 62.1 Å². The summed E-state index contributed by atoms with van der Waals surface area (Å²) in [5.41, 5.74) is 46.1. The molecule has 0 fully saturated rings. The van der Waals surface area contributed by atoms with Crippen LogP contribution in [-0.4, -0.2) is 0 Å². The van der Waals surface area contributed by atoms with Gasteiger partial charge in [0.1, 0.15) is 0 Å². The van der Waals surface area contributed by atoms with Gasteiger partial charge in [-0.15, -0.1) is 0 Å². The standard InChI is InChI=1S/C30H27N.2C27H23N.C15H15N/c1-29(2)25-11-7-5-9-21(25)23-15-13-19(17-27(23)29)31-20-14-16-24-22-10-6-8-12-26(22)30(3,4)28(24)18-20;1-27(2)25-17-20(19-9-5-3-6-10-19)13-15-23(25)24-16-14-22(18-26(24)27)28-21-11-7-4-8-12-21;1-27(2)25-11-7-6-10-23(25)24-17-16-22(18-26(24)27)28-21-14-12-20(13-15-21)19-8-4-3-5-9-19;1-15(2)13-6-4-3-5-11(13)12-8-7-10(16)9-14(12)15/h5-18,31H,1-4H3;2*3-18,28H,1-2H3;3-9H,16H2,1-2H3. The maximum Gasteiger partial charge on any atom is 0.0387 e. The quantitative estimate of drug-likeness (QED) is 0.115. The predicted octanol–water partition coefficient (Wildman–Crippen LogP) is 26.4. The Kier molecular flexibility index (Phi) is 16.4. The molecule has 0 bridgehead atoms. The summed E-state index contributed by atoms with van der Waals surface area (Å²) >= 11 is 0. The molecule has 5 aliphatic carbocycles. The van der Waals surface area contributed by atoms with E-state index in [1.54, 1.807) is 0 Å². The third kappa shape index (κ3) is 11.8. The normalized spacial score (nSPS) is 14.7. The lowest BCUT2D eigenvalue weighted by atomic mass is 9.81. The molecular formula is C99H88N4. The molecule has 0 spiro atoms. The van der Waals surface area contributed by atoms with Gasteiger partial charge in [0.2, 0.25) is 0 Å². The summed E-state index contributed by atoms with van der Waals surface area (Å²) in [6.45, 7) is 23.1. The Morgan fingerprint density at radius 3 is 0.767 bits per heavy atom. The summed E-state index contributed by atoms with van der Waals surface area (Å²) in [4.78, 5) is 0. The van der Waals surface area contributed by atoms with Crippen molar-refractivity contribution in [3.8, 4) is 77.9 Å². The maximum absolute atomic E-state index is 5.89. The van der Waals surface area contributed by atoms with E-state index >= 15 is 0 Å². The van der Waals surface area contributed by atoms with Crippen LogP contribution in [0.2, 0.25) is 0 Å². The number of rotatable bonds is 8. The zero-order chi connectivity index (χ0) is 71.0. The Balaban J connectivity index is 0.000000108. The van der Waals surface area contributed by atoms with E-state index < -0.39 is 0 Å². The molecule has 5 N–H and O–H groups in total. The SMILES string of the molecule is CC1(C)c2cc(Nc3ccccc3)ccc2-c2ccc(-c3ccccc3)cc21.CC1(C)c2ccccc2-c2ccc(N)cc21.CC1(C)c2ccccc2-c2ccc(Nc3ccc(-c4ccccc4)cc3)cc21.CC1(C)c2ccccc2-c2ccc(Nc3ccc4c(c3)C(C)(C)c3ccccc3-4)cc21. The van der Waals surface area contributed by atoms with Crippen molar-refractivity contribution in [2.24, 2.45) is 0 Å². The monoisotopic (exact) mass is 1330 g/mol. The van der Waals surface area contributed by atoms with Crippen LogP contribution < -0.4 is 21.7 Å². The molecule has 0 atom stereocenters. The number of nitrogen functional groups attached to an aromatic ring is 1. The number of nitrogens with two attached hydrogens (primary N) is 1. The van der Waals surface area contributed by atoms with Gasteiger partial charge in [0, 0.05) is 66.9 Å². The van der Waals surface area contributed by atoms with E-state index in [-0.39, 0.29) is 27.1 Å². The number of hydrogen-bond donors (Lipinski definition) is 4. The fraction of sp³-hybridized carbons (Fsp3) is 0.152. The average molecular weight is 1330 g/mol. The molecule has 0 saturated carbocycles. The number of nitrogens with one attached hydrogen (secondary N) is 3. The smallest absolute Gasteiger partial charge is 0.0387 e. The van der Waals surface area contributed by atoms with Crippen LogP contribution >= 0.6 is 0 Å². The molecular weight excluding hydrogens is 1250 g/mol. The molecule has 0 saturated heterocycles. The molecule has 103 heavy (non-hydrogen) atoms. The summed E-state index contributed by atoms with van der Waals surface area (Å²) in [6.07, 6.45) is 0. The average Bonchev–Trinajstić information content (AvgIpc) is 1.61. The number of anilines is 7. The second-order valence-corrected chi connectivity index (χ2v) is 31.0. The first-order chi connectivity index (χ1) is 49.7. The zero-order valence-electron chi connectivity index (χ0n) is 60.7. The summed E-state index contributed by atoms with van der Waals surface area (Å²) in [6, 6.07) is 115. The van der Waals surface area contributed by atoms with Gasteiger partial charge >= 0.3 is 0 Å². The highest BCUT2D eigenvalue weighted by atomic mass is 14.9. The van der Waals surface area contributed by atoms with Gasteiger partial charge < -0.3 is 21.7 Å². The molecule has 0 radical (unpaired) electrons.